The molecule has 8 nitrogen and oxygen atoms in total. The van der Waals surface area contributed by atoms with Gasteiger partial charge < -0.3 is 24.4 Å². The van der Waals surface area contributed by atoms with Crippen LogP contribution in [0.25, 0.3) is 10.4 Å². The Hall–Kier alpha value is -3.69. The Morgan fingerprint density at radius 1 is 1.03 bits per heavy atom. The van der Waals surface area contributed by atoms with Gasteiger partial charge in [-0.25, -0.2) is 4.79 Å². The van der Waals surface area contributed by atoms with Crippen LogP contribution >= 0.6 is 11.3 Å². The van der Waals surface area contributed by atoms with E-state index in [0.717, 1.165) is 16.0 Å². The Morgan fingerprint density at radius 3 is 2.37 bits per heavy atom. The van der Waals surface area contributed by atoms with Crippen LogP contribution in [0.4, 0.5) is 5.00 Å². The molecule has 0 radical (unpaired) electrons. The fourth-order valence-corrected chi connectivity index (χ4v) is 4.99. The van der Waals surface area contributed by atoms with Crippen LogP contribution in [-0.2, 0) is 14.3 Å². The maximum absolute atomic E-state index is 13.4. The van der Waals surface area contributed by atoms with Crippen LogP contribution in [0.15, 0.2) is 54.6 Å². The molecule has 2 amide bonds. The molecule has 1 N–H and O–H groups in total. The summed E-state index contributed by atoms with van der Waals surface area (Å²) in [7, 11) is 1.31. The van der Waals surface area contributed by atoms with Crippen molar-refractivity contribution < 1.29 is 28.6 Å². The molecule has 35 heavy (non-hydrogen) atoms. The van der Waals surface area contributed by atoms with Crippen LogP contribution in [0.5, 0.6) is 5.75 Å². The Kier molecular flexibility index (Phi) is 7.79. The molecule has 0 atom stereocenters. The summed E-state index contributed by atoms with van der Waals surface area (Å²) in [6.07, 6.45) is 0. The van der Waals surface area contributed by atoms with Gasteiger partial charge in [0.1, 0.15) is 10.8 Å². The second kappa shape index (κ2) is 11.2. The van der Waals surface area contributed by atoms with Gasteiger partial charge in [-0.05, 0) is 42.3 Å². The highest BCUT2D eigenvalue weighted by Crippen LogP contribution is 2.40. The van der Waals surface area contributed by atoms with E-state index in [2.05, 4.69) is 10.1 Å². The smallest absolute Gasteiger partial charge is 0.337 e. The van der Waals surface area contributed by atoms with Gasteiger partial charge in [0.15, 0.2) is 6.61 Å². The van der Waals surface area contributed by atoms with Crippen molar-refractivity contribution in [3.05, 3.63) is 71.3 Å². The van der Waals surface area contributed by atoms with Crippen LogP contribution in [0, 0.1) is 6.92 Å². The van der Waals surface area contributed by atoms with Crippen molar-refractivity contribution >= 4 is 34.1 Å². The predicted octanol–water partition coefficient (Wildman–Crippen LogP) is 4.00. The Balaban J connectivity index is 1.52. The Labute approximate surface area is 207 Å². The first kappa shape index (κ1) is 24.4. The number of anilines is 1. The van der Waals surface area contributed by atoms with Gasteiger partial charge in [-0.3, -0.25) is 9.59 Å². The molecule has 2 aromatic carbocycles. The minimum absolute atomic E-state index is 0.126. The summed E-state index contributed by atoms with van der Waals surface area (Å²) >= 11 is 1.37. The van der Waals surface area contributed by atoms with Crippen LogP contribution in [0.2, 0.25) is 0 Å². The topological polar surface area (TPSA) is 94.2 Å². The minimum Gasteiger partial charge on any atom is -0.484 e. The molecule has 1 fully saturated rings. The van der Waals surface area contributed by atoms with Gasteiger partial charge in [0, 0.05) is 18.0 Å². The molecule has 1 aliphatic rings. The lowest BCUT2D eigenvalue weighted by Crippen LogP contribution is -2.41. The summed E-state index contributed by atoms with van der Waals surface area (Å²) in [5.74, 6) is -0.531. The summed E-state index contributed by atoms with van der Waals surface area (Å²) in [6, 6.07) is 16.1. The average molecular weight is 495 g/mol. The highest BCUT2D eigenvalue weighted by atomic mass is 32.1. The van der Waals surface area contributed by atoms with E-state index in [4.69, 9.17) is 9.47 Å². The number of ether oxygens (including phenoxy) is 3. The number of nitrogens with one attached hydrogen (secondary N) is 1. The van der Waals surface area contributed by atoms with E-state index < -0.39 is 5.97 Å². The molecule has 0 bridgehead atoms. The molecule has 182 valence electrons. The molecule has 1 saturated heterocycles. The maximum atomic E-state index is 13.4. The number of hydrogen-bond donors (Lipinski definition) is 1. The number of amides is 2. The highest BCUT2D eigenvalue weighted by molar-refractivity contribution is 7.20. The maximum Gasteiger partial charge on any atom is 0.337 e. The monoisotopic (exact) mass is 494 g/mol. The van der Waals surface area contributed by atoms with Gasteiger partial charge in [-0.1, -0.05) is 30.3 Å². The zero-order valence-electron chi connectivity index (χ0n) is 19.5. The minimum atomic E-state index is -0.450. The number of esters is 1. The van der Waals surface area contributed by atoms with E-state index in [-0.39, 0.29) is 18.4 Å². The van der Waals surface area contributed by atoms with E-state index >= 15 is 0 Å². The van der Waals surface area contributed by atoms with Gasteiger partial charge >= 0.3 is 5.97 Å². The van der Waals surface area contributed by atoms with Crippen molar-refractivity contribution in [1.82, 2.24) is 4.90 Å². The predicted molar refractivity (Wildman–Crippen MR) is 133 cm³/mol. The molecule has 0 aliphatic carbocycles. The van der Waals surface area contributed by atoms with Gasteiger partial charge in [-0.2, -0.15) is 0 Å². The lowest BCUT2D eigenvalue weighted by molar-refractivity contribution is -0.118. The molecule has 0 saturated carbocycles. The zero-order chi connectivity index (χ0) is 24.8. The first-order valence-corrected chi connectivity index (χ1v) is 12.0. The average Bonchev–Trinajstić information content (AvgIpc) is 3.23. The van der Waals surface area contributed by atoms with Crippen molar-refractivity contribution in [2.75, 3.05) is 45.3 Å². The number of thiophene rings is 1. The lowest BCUT2D eigenvalue weighted by Gasteiger charge is -2.27. The third-order valence-corrected chi connectivity index (χ3v) is 6.85. The van der Waals surface area contributed by atoms with Crippen LogP contribution in [0.3, 0.4) is 0 Å². The van der Waals surface area contributed by atoms with Crippen LogP contribution in [0.1, 0.15) is 26.3 Å². The number of benzene rings is 2. The highest BCUT2D eigenvalue weighted by Gasteiger charge is 2.28. The quantitative estimate of drug-likeness (QED) is 0.499. The molecule has 1 aliphatic heterocycles. The molecule has 3 aromatic rings. The normalized spacial score (nSPS) is 13.3. The number of carbonyl (C=O) groups is 3. The second-order valence-corrected chi connectivity index (χ2v) is 8.90. The number of rotatable bonds is 7. The summed E-state index contributed by atoms with van der Waals surface area (Å²) in [6.45, 7) is 3.65. The van der Waals surface area contributed by atoms with E-state index in [1.165, 1.54) is 18.4 Å². The third-order valence-electron chi connectivity index (χ3n) is 5.59. The van der Waals surface area contributed by atoms with Crippen molar-refractivity contribution in [1.29, 1.82) is 0 Å². The van der Waals surface area contributed by atoms with Gasteiger partial charge in [0.05, 0.1) is 31.5 Å². The number of hydrogen-bond acceptors (Lipinski definition) is 7. The zero-order valence-corrected chi connectivity index (χ0v) is 20.4. The molecule has 4 rings (SSSR count). The fourth-order valence-electron chi connectivity index (χ4n) is 3.77. The largest absolute Gasteiger partial charge is 0.484 e. The van der Waals surface area contributed by atoms with Crippen LogP contribution < -0.4 is 10.1 Å². The van der Waals surface area contributed by atoms with Gasteiger partial charge in [0.25, 0.3) is 11.8 Å². The molecular formula is C26H26N2O6S. The van der Waals surface area contributed by atoms with Crippen molar-refractivity contribution in [3.63, 3.8) is 0 Å². The van der Waals surface area contributed by atoms with Crippen LogP contribution in [-0.4, -0.2) is 62.7 Å². The van der Waals surface area contributed by atoms with E-state index in [1.807, 2.05) is 37.3 Å². The van der Waals surface area contributed by atoms with E-state index in [1.54, 1.807) is 29.2 Å². The number of carbonyl (C=O) groups excluding carboxylic acids is 3. The number of nitrogens with zero attached hydrogens (tertiary/aromatic N) is 1. The number of morpholine rings is 1. The molecular weight excluding hydrogens is 468 g/mol. The fraction of sp³-hybridized carbons (Fsp3) is 0.269. The molecule has 1 aromatic heterocycles. The Morgan fingerprint density at radius 2 is 1.71 bits per heavy atom. The van der Waals surface area contributed by atoms with E-state index in [0.29, 0.717) is 48.2 Å². The summed E-state index contributed by atoms with van der Waals surface area (Å²) < 4.78 is 15.6. The van der Waals surface area contributed by atoms with Crippen molar-refractivity contribution in [2.45, 2.75) is 6.92 Å². The second-order valence-electron chi connectivity index (χ2n) is 7.88. The molecule has 0 unspecified atom stereocenters. The SMILES string of the molecule is COC(=O)c1ccc(OCC(=O)Nc2sc(-c3ccccc3)c(C)c2C(=O)N2CCOCC2)cc1. The van der Waals surface area contributed by atoms with Crippen molar-refractivity contribution in [3.8, 4) is 16.2 Å². The summed E-state index contributed by atoms with van der Waals surface area (Å²) in [5.41, 5.74) is 2.69. The standard InChI is InChI=1S/C26H26N2O6S/c1-17-22(25(30)28-12-14-33-15-13-28)24(35-23(17)18-6-4-3-5-7-18)27-21(29)16-34-20-10-8-19(9-11-20)26(31)32-2/h3-11H,12-16H2,1-2H3,(H,27,29). The molecule has 0 spiro atoms. The first-order valence-electron chi connectivity index (χ1n) is 11.1. The third kappa shape index (κ3) is 5.70. The molecule has 9 heteroatoms. The summed E-state index contributed by atoms with van der Waals surface area (Å²) in [5, 5.41) is 3.37. The van der Waals surface area contributed by atoms with Crippen molar-refractivity contribution in [2.24, 2.45) is 0 Å². The van der Waals surface area contributed by atoms with Gasteiger partial charge in [-0.15, -0.1) is 11.3 Å². The van der Waals surface area contributed by atoms with E-state index in [9.17, 15) is 14.4 Å². The Bertz CT molecular complexity index is 1200. The number of methoxy groups -OCH3 is 1. The summed E-state index contributed by atoms with van der Waals surface area (Å²) in [4.78, 5) is 40.4. The lowest BCUT2D eigenvalue weighted by atomic mass is 10.1. The van der Waals surface area contributed by atoms with Gasteiger partial charge in [0.2, 0.25) is 0 Å². The molecule has 2 heterocycles. The first-order chi connectivity index (χ1) is 17.0.